The molecule has 0 radical (unpaired) electrons. The SMILES string of the molecule is COC(=O)c1sccc1NC(=O)c1[nH]ncc1I. The first kappa shape index (κ1) is 13.0. The van der Waals surface area contributed by atoms with Crippen LogP contribution in [0.2, 0.25) is 0 Å². The Kier molecular flexibility index (Phi) is 3.97. The topological polar surface area (TPSA) is 84.1 Å². The minimum absolute atomic E-state index is 0.347. The monoisotopic (exact) mass is 377 g/mol. The number of carbonyl (C=O) groups excluding carboxylic acids is 2. The van der Waals surface area contributed by atoms with Crippen LogP contribution in [0.1, 0.15) is 20.2 Å². The fourth-order valence-electron chi connectivity index (χ4n) is 1.27. The molecule has 18 heavy (non-hydrogen) atoms. The second-order valence-electron chi connectivity index (χ2n) is 3.20. The van der Waals surface area contributed by atoms with Crippen molar-refractivity contribution in [2.24, 2.45) is 0 Å². The number of carbonyl (C=O) groups is 2. The highest BCUT2D eigenvalue weighted by atomic mass is 127. The molecule has 2 rings (SSSR count). The van der Waals surface area contributed by atoms with E-state index in [0.29, 0.717) is 19.8 Å². The summed E-state index contributed by atoms with van der Waals surface area (Å²) in [5, 5.41) is 10.7. The van der Waals surface area contributed by atoms with Gasteiger partial charge in [-0.15, -0.1) is 11.3 Å². The Morgan fingerprint density at radius 3 is 2.94 bits per heavy atom. The lowest BCUT2D eigenvalue weighted by Crippen LogP contribution is -2.15. The quantitative estimate of drug-likeness (QED) is 0.634. The van der Waals surface area contributed by atoms with E-state index in [1.54, 1.807) is 17.6 Å². The molecule has 0 unspecified atom stereocenters. The fourth-order valence-corrected chi connectivity index (χ4v) is 2.54. The lowest BCUT2D eigenvalue weighted by Gasteiger charge is -2.04. The van der Waals surface area contributed by atoms with Crippen LogP contribution in [0.15, 0.2) is 17.6 Å². The number of hydrogen-bond acceptors (Lipinski definition) is 5. The van der Waals surface area contributed by atoms with Gasteiger partial charge in [0.1, 0.15) is 10.6 Å². The molecule has 1 amide bonds. The molecule has 6 nitrogen and oxygen atoms in total. The van der Waals surface area contributed by atoms with E-state index < -0.39 is 5.97 Å². The lowest BCUT2D eigenvalue weighted by atomic mass is 10.3. The highest BCUT2D eigenvalue weighted by Gasteiger charge is 2.18. The number of methoxy groups -OCH3 is 1. The normalized spacial score (nSPS) is 10.1. The highest BCUT2D eigenvalue weighted by molar-refractivity contribution is 14.1. The molecule has 2 aromatic heterocycles. The number of H-pyrrole nitrogens is 1. The van der Waals surface area contributed by atoms with Gasteiger partial charge in [0.2, 0.25) is 0 Å². The molecule has 2 heterocycles. The van der Waals surface area contributed by atoms with Crippen molar-refractivity contribution in [3.8, 4) is 0 Å². The molecule has 0 saturated heterocycles. The average molecular weight is 377 g/mol. The van der Waals surface area contributed by atoms with Crippen LogP contribution in [0.4, 0.5) is 5.69 Å². The van der Waals surface area contributed by atoms with E-state index in [1.165, 1.54) is 18.4 Å². The third-order valence-corrected chi connectivity index (χ3v) is 3.82. The summed E-state index contributed by atoms with van der Waals surface area (Å²) in [7, 11) is 1.30. The molecule has 0 bridgehead atoms. The number of aromatic nitrogens is 2. The molecule has 94 valence electrons. The van der Waals surface area contributed by atoms with Gasteiger partial charge in [-0.2, -0.15) is 5.10 Å². The maximum atomic E-state index is 11.9. The van der Waals surface area contributed by atoms with Crippen LogP contribution in [-0.2, 0) is 4.74 Å². The summed E-state index contributed by atoms with van der Waals surface area (Å²) >= 11 is 3.21. The minimum atomic E-state index is -0.473. The Balaban J connectivity index is 2.20. The Labute approximate surface area is 120 Å². The van der Waals surface area contributed by atoms with E-state index in [0.717, 1.165) is 0 Å². The van der Waals surface area contributed by atoms with Crippen molar-refractivity contribution in [2.45, 2.75) is 0 Å². The summed E-state index contributed by atoms with van der Waals surface area (Å²) in [6.45, 7) is 0. The second-order valence-corrected chi connectivity index (χ2v) is 5.28. The Bertz CT molecular complexity index is 593. The van der Waals surface area contributed by atoms with Crippen LogP contribution in [0, 0.1) is 3.57 Å². The Morgan fingerprint density at radius 2 is 2.33 bits per heavy atom. The molecule has 0 aliphatic rings. The van der Waals surface area contributed by atoms with Gasteiger partial charge >= 0.3 is 5.97 Å². The third-order valence-electron chi connectivity index (χ3n) is 2.10. The third kappa shape index (κ3) is 2.53. The summed E-state index contributed by atoms with van der Waals surface area (Å²) in [5.41, 5.74) is 0.792. The van der Waals surface area contributed by atoms with Gasteiger partial charge in [-0.05, 0) is 34.0 Å². The van der Waals surface area contributed by atoms with Crippen molar-refractivity contribution in [1.82, 2.24) is 10.2 Å². The maximum Gasteiger partial charge on any atom is 0.350 e. The van der Waals surface area contributed by atoms with Crippen LogP contribution in [0.25, 0.3) is 0 Å². The van der Waals surface area contributed by atoms with E-state index in [2.05, 4.69) is 20.3 Å². The van der Waals surface area contributed by atoms with Gasteiger partial charge in [0.25, 0.3) is 5.91 Å². The second kappa shape index (κ2) is 5.48. The number of nitrogens with one attached hydrogen (secondary N) is 2. The number of rotatable bonds is 3. The van der Waals surface area contributed by atoms with Gasteiger partial charge < -0.3 is 10.1 Å². The first-order valence-corrected chi connectivity index (χ1v) is 6.75. The highest BCUT2D eigenvalue weighted by Crippen LogP contribution is 2.24. The maximum absolute atomic E-state index is 11.9. The van der Waals surface area contributed by atoms with Crippen molar-refractivity contribution in [2.75, 3.05) is 12.4 Å². The van der Waals surface area contributed by atoms with Crippen molar-refractivity contribution in [3.05, 3.63) is 31.8 Å². The molecule has 0 atom stereocenters. The van der Waals surface area contributed by atoms with Gasteiger partial charge in [-0.25, -0.2) is 4.79 Å². The van der Waals surface area contributed by atoms with E-state index in [9.17, 15) is 9.59 Å². The molecule has 0 aliphatic heterocycles. The van der Waals surface area contributed by atoms with E-state index >= 15 is 0 Å². The molecule has 0 aromatic carbocycles. The van der Waals surface area contributed by atoms with Crippen molar-refractivity contribution in [3.63, 3.8) is 0 Å². The molecule has 0 saturated carbocycles. The van der Waals surface area contributed by atoms with Gasteiger partial charge in [0.15, 0.2) is 0 Å². The van der Waals surface area contributed by atoms with Crippen molar-refractivity contribution < 1.29 is 14.3 Å². The van der Waals surface area contributed by atoms with Crippen LogP contribution in [0.5, 0.6) is 0 Å². The van der Waals surface area contributed by atoms with Crippen molar-refractivity contribution in [1.29, 1.82) is 0 Å². The molecule has 0 spiro atoms. The predicted molar refractivity (Wildman–Crippen MR) is 74.9 cm³/mol. The summed E-state index contributed by atoms with van der Waals surface area (Å²) < 4.78 is 5.34. The summed E-state index contributed by atoms with van der Waals surface area (Å²) in [6, 6.07) is 1.65. The molecular weight excluding hydrogens is 369 g/mol. The van der Waals surface area contributed by atoms with Gasteiger partial charge in [0.05, 0.1) is 22.6 Å². The molecule has 8 heteroatoms. The van der Waals surface area contributed by atoms with Gasteiger partial charge in [-0.3, -0.25) is 9.89 Å². The van der Waals surface area contributed by atoms with E-state index in [-0.39, 0.29) is 5.91 Å². The average Bonchev–Trinajstić information content (AvgIpc) is 2.97. The minimum Gasteiger partial charge on any atom is -0.465 e. The number of ether oxygens (including phenoxy) is 1. The molecular formula is C10H8IN3O3S. The standard InChI is InChI=1S/C10H8IN3O3S/c1-17-10(16)8-6(2-3-18-8)13-9(15)7-5(11)4-12-14-7/h2-4H,1H3,(H,12,14)(H,13,15). The van der Waals surface area contributed by atoms with Crippen LogP contribution >= 0.6 is 33.9 Å². The number of anilines is 1. The smallest absolute Gasteiger partial charge is 0.350 e. The molecule has 2 N–H and O–H groups in total. The first-order valence-electron chi connectivity index (χ1n) is 4.79. The van der Waals surface area contributed by atoms with Gasteiger partial charge in [0, 0.05) is 0 Å². The molecule has 0 fully saturated rings. The zero-order valence-corrected chi connectivity index (χ0v) is 12.2. The zero-order valence-electron chi connectivity index (χ0n) is 9.19. The number of nitrogens with zero attached hydrogens (tertiary/aromatic N) is 1. The number of aromatic amines is 1. The van der Waals surface area contributed by atoms with Crippen LogP contribution in [0.3, 0.4) is 0 Å². The summed E-state index contributed by atoms with van der Waals surface area (Å²) in [6.07, 6.45) is 1.55. The van der Waals surface area contributed by atoms with Crippen LogP contribution in [-0.4, -0.2) is 29.2 Å². The molecule has 2 aromatic rings. The lowest BCUT2D eigenvalue weighted by molar-refractivity contribution is 0.0607. The fraction of sp³-hybridized carbons (Fsp3) is 0.100. The summed E-state index contributed by atoms with van der Waals surface area (Å²) in [5.74, 6) is -0.819. The largest absolute Gasteiger partial charge is 0.465 e. The summed E-state index contributed by atoms with van der Waals surface area (Å²) in [4.78, 5) is 23.7. The number of halogens is 1. The number of hydrogen-bond donors (Lipinski definition) is 2. The number of thiophene rings is 1. The Morgan fingerprint density at radius 1 is 1.56 bits per heavy atom. The van der Waals surface area contributed by atoms with Gasteiger partial charge in [-0.1, -0.05) is 0 Å². The number of esters is 1. The predicted octanol–water partition coefficient (Wildman–Crippen LogP) is 2.11. The van der Waals surface area contributed by atoms with E-state index in [1.807, 2.05) is 22.6 Å². The van der Waals surface area contributed by atoms with Crippen LogP contribution < -0.4 is 5.32 Å². The molecule has 0 aliphatic carbocycles. The van der Waals surface area contributed by atoms with E-state index in [4.69, 9.17) is 0 Å². The zero-order chi connectivity index (χ0) is 13.1. The first-order chi connectivity index (χ1) is 8.63. The van der Waals surface area contributed by atoms with Crippen molar-refractivity contribution >= 4 is 51.5 Å². The number of amides is 1. The Hall–Kier alpha value is -1.42.